The van der Waals surface area contributed by atoms with Crippen molar-refractivity contribution in [1.82, 2.24) is 4.57 Å². The molecule has 3 rings (SSSR count). The highest BCUT2D eigenvalue weighted by Gasteiger charge is 2.26. The molecule has 4 nitrogen and oxygen atoms in total. The zero-order valence-corrected chi connectivity index (χ0v) is 12.0. The van der Waals surface area contributed by atoms with Gasteiger partial charge in [-0.25, -0.2) is 4.79 Å². The van der Waals surface area contributed by atoms with Gasteiger partial charge in [-0.1, -0.05) is 0 Å². The van der Waals surface area contributed by atoms with Gasteiger partial charge in [-0.3, -0.25) is 4.79 Å². The highest BCUT2D eigenvalue weighted by atomic mass is 32.1. The standard InChI is InChI=1S/C15H15NO3S/c1-9(17)11-6-4-8-16(11)14-13(15(18)19)10-5-2-3-7-12(10)20-14/h4,6,8H,2-3,5,7H2,1H3,(H,18,19). The molecule has 0 spiro atoms. The molecule has 2 aromatic heterocycles. The fraction of sp³-hybridized carbons (Fsp3) is 0.333. The second kappa shape index (κ2) is 4.90. The van der Waals surface area contributed by atoms with Crippen molar-refractivity contribution >= 4 is 23.1 Å². The van der Waals surface area contributed by atoms with E-state index in [1.54, 1.807) is 22.9 Å². The minimum absolute atomic E-state index is 0.0577. The van der Waals surface area contributed by atoms with Gasteiger partial charge in [-0.05, 0) is 43.4 Å². The van der Waals surface area contributed by atoms with Gasteiger partial charge in [0, 0.05) is 18.0 Å². The van der Waals surface area contributed by atoms with Crippen LogP contribution in [0.3, 0.4) is 0 Å². The van der Waals surface area contributed by atoms with E-state index >= 15 is 0 Å². The Labute approximate surface area is 120 Å². The van der Waals surface area contributed by atoms with Crippen molar-refractivity contribution in [3.63, 3.8) is 0 Å². The van der Waals surface area contributed by atoms with Crippen LogP contribution in [-0.4, -0.2) is 21.4 Å². The van der Waals surface area contributed by atoms with Crippen LogP contribution in [0.25, 0.3) is 5.00 Å². The summed E-state index contributed by atoms with van der Waals surface area (Å²) in [6, 6.07) is 3.51. The number of thiophene rings is 1. The number of carboxylic acid groups (broad SMARTS) is 1. The lowest BCUT2D eigenvalue weighted by Crippen LogP contribution is -2.09. The molecule has 0 atom stereocenters. The number of carboxylic acids is 1. The number of hydrogen-bond donors (Lipinski definition) is 1. The molecule has 0 bridgehead atoms. The van der Waals surface area contributed by atoms with Gasteiger partial charge in [0.1, 0.15) is 5.00 Å². The van der Waals surface area contributed by atoms with Crippen LogP contribution in [0.2, 0.25) is 0 Å². The maximum absolute atomic E-state index is 11.7. The average Bonchev–Trinajstić information content (AvgIpc) is 3.02. The fourth-order valence-electron chi connectivity index (χ4n) is 2.79. The van der Waals surface area contributed by atoms with E-state index in [1.165, 1.54) is 18.3 Å². The van der Waals surface area contributed by atoms with Gasteiger partial charge < -0.3 is 9.67 Å². The number of aromatic nitrogens is 1. The van der Waals surface area contributed by atoms with Crippen LogP contribution in [0.4, 0.5) is 0 Å². The maximum Gasteiger partial charge on any atom is 0.339 e. The van der Waals surface area contributed by atoms with Gasteiger partial charge in [0.15, 0.2) is 5.78 Å². The number of aromatic carboxylic acids is 1. The predicted octanol–water partition coefficient (Wildman–Crippen LogP) is 3.32. The number of carbonyl (C=O) groups excluding carboxylic acids is 1. The van der Waals surface area contributed by atoms with Gasteiger partial charge in [-0.15, -0.1) is 11.3 Å². The van der Waals surface area contributed by atoms with Gasteiger partial charge >= 0.3 is 5.97 Å². The zero-order chi connectivity index (χ0) is 14.3. The third-order valence-corrected chi connectivity index (χ3v) is 4.99. The molecule has 0 radical (unpaired) electrons. The number of nitrogens with zero attached hydrogens (tertiary/aromatic N) is 1. The Hall–Kier alpha value is -1.88. The van der Waals surface area contributed by atoms with Crippen molar-refractivity contribution in [3.05, 3.63) is 40.0 Å². The van der Waals surface area contributed by atoms with Gasteiger partial charge in [0.25, 0.3) is 0 Å². The highest BCUT2D eigenvalue weighted by molar-refractivity contribution is 7.15. The summed E-state index contributed by atoms with van der Waals surface area (Å²) in [5.41, 5.74) is 1.88. The van der Waals surface area contributed by atoms with Crippen molar-refractivity contribution in [2.24, 2.45) is 0 Å². The molecule has 0 aromatic carbocycles. The normalized spacial score (nSPS) is 14.1. The van der Waals surface area contributed by atoms with E-state index in [1.807, 2.05) is 0 Å². The number of rotatable bonds is 3. The third kappa shape index (κ3) is 1.98. The monoisotopic (exact) mass is 289 g/mol. The molecule has 104 valence electrons. The molecule has 0 saturated heterocycles. The van der Waals surface area contributed by atoms with Gasteiger partial charge in [0.05, 0.1) is 11.3 Å². The van der Waals surface area contributed by atoms with Crippen LogP contribution < -0.4 is 0 Å². The molecule has 0 amide bonds. The molecule has 0 saturated carbocycles. The van der Waals surface area contributed by atoms with Crippen molar-refractivity contribution in [3.8, 4) is 5.00 Å². The third-order valence-electron chi connectivity index (χ3n) is 3.69. The molecule has 1 N–H and O–H groups in total. The Morgan fingerprint density at radius 1 is 1.30 bits per heavy atom. The average molecular weight is 289 g/mol. The minimum Gasteiger partial charge on any atom is -0.478 e. The second-order valence-electron chi connectivity index (χ2n) is 5.02. The number of Topliss-reactive ketones (excluding diaryl/α,β-unsaturated/α-hetero) is 1. The van der Waals surface area contributed by atoms with E-state index in [2.05, 4.69) is 0 Å². The molecule has 0 aliphatic heterocycles. The predicted molar refractivity (Wildman–Crippen MR) is 77.3 cm³/mol. The van der Waals surface area contributed by atoms with E-state index in [0.29, 0.717) is 16.3 Å². The molecule has 2 aromatic rings. The Morgan fingerprint density at radius 3 is 2.75 bits per heavy atom. The first-order valence-corrected chi connectivity index (χ1v) is 7.47. The largest absolute Gasteiger partial charge is 0.478 e. The second-order valence-corrected chi connectivity index (χ2v) is 6.10. The van der Waals surface area contributed by atoms with Crippen LogP contribution >= 0.6 is 11.3 Å². The highest BCUT2D eigenvalue weighted by Crippen LogP contribution is 2.37. The molecule has 5 heteroatoms. The first-order chi connectivity index (χ1) is 9.59. The quantitative estimate of drug-likeness (QED) is 0.882. The number of hydrogen-bond acceptors (Lipinski definition) is 3. The summed E-state index contributed by atoms with van der Waals surface area (Å²) in [6.45, 7) is 1.50. The van der Waals surface area contributed by atoms with E-state index in [9.17, 15) is 14.7 Å². The molecule has 2 heterocycles. The van der Waals surface area contributed by atoms with E-state index in [4.69, 9.17) is 0 Å². The first kappa shape index (κ1) is 13.1. The summed E-state index contributed by atoms with van der Waals surface area (Å²) in [6.07, 6.45) is 5.67. The molecule has 1 aliphatic carbocycles. The number of fused-ring (bicyclic) bond motifs is 1. The zero-order valence-electron chi connectivity index (χ0n) is 11.2. The van der Waals surface area contributed by atoms with Crippen LogP contribution in [0, 0.1) is 0 Å². The summed E-state index contributed by atoms with van der Waals surface area (Å²) in [5, 5.41) is 10.2. The number of ketones is 1. The molecule has 1 aliphatic rings. The Balaban J connectivity index is 2.23. The number of carbonyl (C=O) groups is 2. The lowest BCUT2D eigenvalue weighted by Gasteiger charge is -2.11. The summed E-state index contributed by atoms with van der Waals surface area (Å²) in [5.74, 6) is -0.958. The van der Waals surface area contributed by atoms with Gasteiger partial charge in [-0.2, -0.15) is 0 Å². The Morgan fingerprint density at radius 2 is 2.05 bits per heavy atom. The molecule has 0 unspecified atom stereocenters. The topological polar surface area (TPSA) is 59.3 Å². The van der Waals surface area contributed by atoms with Crippen molar-refractivity contribution in [2.45, 2.75) is 32.6 Å². The SMILES string of the molecule is CC(=O)c1cccn1-c1sc2c(c1C(=O)O)CCCC2. The molecule has 0 fully saturated rings. The maximum atomic E-state index is 11.7. The van der Waals surface area contributed by atoms with Crippen LogP contribution in [0.5, 0.6) is 0 Å². The van der Waals surface area contributed by atoms with Crippen molar-refractivity contribution in [2.75, 3.05) is 0 Å². The molecule has 20 heavy (non-hydrogen) atoms. The summed E-state index contributed by atoms with van der Waals surface area (Å²) < 4.78 is 1.72. The van der Waals surface area contributed by atoms with Crippen molar-refractivity contribution in [1.29, 1.82) is 0 Å². The summed E-state index contributed by atoms with van der Waals surface area (Å²) in [7, 11) is 0. The van der Waals surface area contributed by atoms with Gasteiger partial charge in [0.2, 0.25) is 0 Å². The Kier molecular flexibility index (Phi) is 3.22. The lowest BCUT2D eigenvalue weighted by atomic mass is 9.95. The smallest absolute Gasteiger partial charge is 0.339 e. The summed E-state index contributed by atoms with van der Waals surface area (Å²) >= 11 is 1.51. The fourth-order valence-corrected chi connectivity index (χ4v) is 4.16. The first-order valence-electron chi connectivity index (χ1n) is 6.66. The van der Waals surface area contributed by atoms with Crippen LogP contribution in [0.15, 0.2) is 18.3 Å². The van der Waals surface area contributed by atoms with E-state index in [-0.39, 0.29) is 5.78 Å². The van der Waals surface area contributed by atoms with E-state index in [0.717, 1.165) is 36.1 Å². The molecular formula is C15H15NO3S. The van der Waals surface area contributed by atoms with E-state index < -0.39 is 5.97 Å². The summed E-state index contributed by atoms with van der Waals surface area (Å²) in [4.78, 5) is 24.5. The number of aryl methyl sites for hydroxylation is 1. The molecular weight excluding hydrogens is 274 g/mol. The van der Waals surface area contributed by atoms with Crippen LogP contribution in [0.1, 0.15) is 51.1 Å². The Bertz CT molecular complexity index is 696. The van der Waals surface area contributed by atoms with Crippen molar-refractivity contribution < 1.29 is 14.7 Å². The lowest BCUT2D eigenvalue weighted by molar-refractivity contribution is 0.0695. The minimum atomic E-state index is -0.900. The van der Waals surface area contributed by atoms with Crippen LogP contribution in [-0.2, 0) is 12.8 Å².